The Morgan fingerprint density at radius 2 is 2.00 bits per heavy atom. The molecule has 156 valence electrons. The Kier molecular flexibility index (Phi) is 5.53. The maximum atomic E-state index is 12.7. The van der Waals surface area contributed by atoms with Crippen molar-refractivity contribution in [3.05, 3.63) is 65.0 Å². The molecule has 31 heavy (non-hydrogen) atoms. The summed E-state index contributed by atoms with van der Waals surface area (Å²) in [6.07, 6.45) is 7.87. The van der Waals surface area contributed by atoms with Crippen molar-refractivity contribution in [2.24, 2.45) is 5.92 Å². The van der Waals surface area contributed by atoms with Gasteiger partial charge in [-0.25, -0.2) is 15.0 Å². The molecule has 3 aromatic rings. The van der Waals surface area contributed by atoms with Crippen LogP contribution < -0.4 is 10.2 Å². The topological polar surface area (TPSA) is 143 Å². The highest BCUT2D eigenvalue weighted by molar-refractivity contribution is 5.94. The fourth-order valence-electron chi connectivity index (χ4n) is 3.50. The van der Waals surface area contributed by atoms with Crippen molar-refractivity contribution in [2.45, 2.75) is 12.8 Å². The van der Waals surface area contributed by atoms with Crippen LogP contribution in [0.15, 0.2) is 49.3 Å². The molecule has 1 aliphatic heterocycles. The number of nitriles is 1. The number of rotatable bonds is 5. The number of anilines is 2. The van der Waals surface area contributed by atoms with E-state index in [0.717, 1.165) is 11.9 Å². The van der Waals surface area contributed by atoms with Gasteiger partial charge in [0.15, 0.2) is 0 Å². The molecule has 1 aliphatic rings. The molecule has 3 heterocycles. The molecule has 0 atom stereocenters. The lowest BCUT2D eigenvalue weighted by Crippen LogP contribution is -2.38. The molecule has 0 saturated carbocycles. The van der Waals surface area contributed by atoms with Gasteiger partial charge in [0.25, 0.3) is 5.69 Å². The molecule has 11 heteroatoms. The van der Waals surface area contributed by atoms with Crippen molar-refractivity contribution in [1.82, 2.24) is 19.5 Å². The van der Waals surface area contributed by atoms with E-state index in [2.05, 4.69) is 25.2 Å². The van der Waals surface area contributed by atoms with Gasteiger partial charge in [-0.1, -0.05) is 0 Å². The highest BCUT2D eigenvalue weighted by Crippen LogP contribution is 2.26. The molecule has 1 fully saturated rings. The summed E-state index contributed by atoms with van der Waals surface area (Å²) in [6.45, 7) is 1.29. The zero-order chi connectivity index (χ0) is 21.8. The SMILES string of the molecule is N#Cc1cc([N+](=O)[O-])ccc1NC(=O)C1CCN(c2cc(-n3ccnc3)ncn2)CC1. The van der Waals surface area contributed by atoms with Crippen LogP contribution in [0.3, 0.4) is 0 Å². The lowest BCUT2D eigenvalue weighted by atomic mass is 9.95. The van der Waals surface area contributed by atoms with Gasteiger partial charge < -0.3 is 10.2 Å². The summed E-state index contributed by atoms with van der Waals surface area (Å²) in [7, 11) is 0. The Morgan fingerprint density at radius 3 is 2.68 bits per heavy atom. The monoisotopic (exact) mass is 418 g/mol. The molecule has 1 amide bonds. The molecular formula is C20H18N8O3. The van der Waals surface area contributed by atoms with Gasteiger partial charge in [-0.3, -0.25) is 19.5 Å². The number of aromatic nitrogens is 4. The summed E-state index contributed by atoms with van der Waals surface area (Å²) in [5.74, 6) is 1.06. The van der Waals surface area contributed by atoms with E-state index >= 15 is 0 Å². The number of hydrogen-bond acceptors (Lipinski definition) is 8. The molecule has 1 saturated heterocycles. The van der Waals surface area contributed by atoms with E-state index in [1.54, 1.807) is 23.3 Å². The fraction of sp³-hybridized carbons (Fsp3) is 0.250. The van der Waals surface area contributed by atoms with Crippen LogP contribution in [0.2, 0.25) is 0 Å². The average molecular weight is 418 g/mol. The number of piperidine rings is 1. The number of hydrogen-bond donors (Lipinski definition) is 1. The van der Waals surface area contributed by atoms with Gasteiger partial charge in [-0.15, -0.1) is 0 Å². The quantitative estimate of drug-likeness (QED) is 0.491. The highest BCUT2D eigenvalue weighted by Gasteiger charge is 2.26. The number of benzene rings is 1. The number of nitro benzene ring substituents is 1. The minimum Gasteiger partial charge on any atom is -0.356 e. The van der Waals surface area contributed by atoms with Crippen LogP contribution in [0, 0.1) is 27.4 Å². The number of amides is 1. The summed E-state index contributed by atoms with van der Waals surface area (Å²) in [6, 6.07) is 7.59. The number of nitro groups is 1. The van der Waals surface area contributed by atoms with Crippen molar-refractivity contribution in [3.63, 3.8) is 0 Å². The molecule has 0 aliphatic carbocycles. The first-order valence-corrected chi connectivity index (χ1v) is 9.60. The van der Waals surface area contributed by atoms with Gasteiger partial charge in [-0.05, 0) is 18.9 Å². The predicted octanol–water partition coefficient (Wildman–Crippen LogP) is 2.30. The number of carbonyl (C=O) groups is 1. The van der Waals surface area contributed by atoms with Crippen LogP contribution in [-0.2, 0) is 4.79 Å². The first kappa shape index (κ1) is 20.0. The molecule has 0 unspecified atom stereocenters. The molecule has 2 aromatic heterocycles. The Labute approximate surface area is 177 Å². The van der Waals surface area contributed by atoms with Crippen molar-refractivity contribution in [3.8, 4) is 11.9 Å². The first-order valence-electron chi connectivity index (χ1n) is 9.60. The maximum absolute atomic E-state index is 12.7. The second-order valence-electron chi connectivity index (χ2n) is 7.05. The largest absolute Gasteiger partial charge is 0.356 e. The highest BCUT2D eigenvalue weighted by atomic mass is 16.6. The van der Waals surface area contributed by atoms with Crippen LogP contribution in [0.1, 0.15) is 18.4 Å². The normalized spacial score (nSPS) is 14.1. The molecule has 0 spiro atoms. The third kappa shape index (κ3) is 4.32. The zero-order valence-electron chi connectivity index (χ0n) is 16.4. The van der Waals surface area contributed by atoms with Gasteiger partial charge in [0, 0.05) is 49.6 Å². The Bertz CT molecular complexity index is 1150. The van der Waals surface area contributed by atoms with Gasteiger partial charge >= 0.3 is 0 Å². The third-order valence-electron chi connectivity index (χ3n) is 5.19. The van der Waals surface area contributed by atoms with E-state index in [9.17, 15) is 20.2 Å². The predicted molar refractivity (Wildman–Crippen MR) is 111 cm³/mol. The van der Waals surface area contributed by atoms with E-state index in [4.69, 9.17) is 0 Å². The van der Waals surface area contributed by atoms with Crippen LogP contribution >= 0.6 is 0 Å². The minimum absolute atomic E-state index is 0.0630. The van der Waals surface area contributed by atoms with Crippen molar-refractivity contribution < 1.29 is 9.72 Å². The molecule has 0 bridgehead atoms. The molecule has 4 rings (SSSR count). The van der Waals surface area contributed by atoms with Gasteiger partial charge in [0.1, 0.15) is 30.4 Å². The summed E-state index contributed by atoms with van der Waals surface area (Å²) >= 11 is 0. The van der Waals surface area contributed by atoms with Gasteiger partial charge in [0.2, 0.25) is 5.91 Å². The van der Waals surface area contributed by atoms with Gasteiger partial charge in [0.05, 0.1) is 16.2 Å². The van der Waals surface area contributed by atoms with Crippen LogP contribution in [0.4, 0.5) is 17.2 Å². The van der Waals surface area contributed by atoms with Gasteiger partial charge in [-0.2, -0.15) is 5.26 Å². The second kappa shape index (κ2) is 8.58. The summed E-state index contributed by atoms with van der Waals surface area (Å²) < 4.78 is 1.79. The molecular weight excluding hydrogens is 400 g/mol. The van der Waals surface area contributed by atoms with E-state index < -0.39 is 4.92 Å². The Hall–Kier alpha value is -4.33. The van der Waals surface area contributed by atoms with E-state index in [1.165, 1.54) is 18.5 Å². The zero-order valence-corrected chi connectivity index (χ0v) is 16.4. The molecule has 11 nitrogen and oxygen atoms in total. The Balaban J connectivity index is 1.39. The van der Waals surface area contributed by atoms with E-state index in [1.807, 2.05) is 12.1 Å². The number of nitrogens with zero attached hydrogens (tertiary/aromatic N) is 7. The molecule has 1 aromatic carbocycles. The molecule has 1 N–H and O–H groups in total. The lowest BCUT2D eigenvalue weighted by molar-refractivity contribution is -0.384. The third-order valence-corrected chi connectivity index (χ3v) is 5.19. The Morgan fingerprint density at radius 1 is 1.23 bits per heavy atom. The second-order valence-corrected chi connectivity index (χ2v) is 7.05. The van der Waals surface area contributed by atoms with Crippen LogP contribution in [0.5, 0.6) is 0 Å². The maximum Gasteiger partial charge on any atom is 0.270 e. The summed E-state index contributed by atoms with van der Waals surface area (Å²) in [4.78, 5) is 37.7. The van der Waals surface area contributed by atoms with E-state index in [-0.39, 0.29) is 28.8 Å². The number of imidazole rings is 1. The van der Waals surface area contributed by atoms with Crippen molar-refractivity contribution in [2.75, 3.05) is 23.3 Å². The average Bonchev–Trinajstić information content (AvgIpc) is 3.34. The molecule has 0 radical (unpaired) electrons. The van der Waals surface area contributed by atoms with E-state index in [0.29, 0.717) is 31.7 Å². The fourth-order valence-corrected chi connectivity index (χ4v) is 3.50. The number of nitrogens with one attached hydrogen (secondary N) is 1. The minimum atomic E-state index is -0.576. The summed E-state index contributed by atoms with van der Waals surface area (Å²) in [5, 5.41) is 22.9. The standard InChI is InChI=1S/C20H18N8O3/c21-11-15-9-16(28(30)31)1-2-17(15)25-20(29)14-3-6-26(7-4-14)18-10-19(24-12-23-18)27-8-5-22-13-27/h1-2,5,8-10,12-14H,3-4,6-7H2,(H,25,29). The summed E-state index contributed by atoms with van der Waals surface area (Å²) in [5.41, 5.74) is 0.150. The smallest absolute Gasteiger partial charge is 0.270 e. The van der Waals surface area contributed by atoms with Crippen LogP contribution in [-0.4, -0.2) is 43.4 Å². The number of carbonyl (C=O) groups excluding carboxylic acids is 1. The van der Waals surface area contributed by atoms with Crippen molar-refractivity contribution in [1.29, 1.82) is 5.26 Å². The van der Waals surface area contributed by atoms with Crippen molar-refractivity contribution >= 4 is 23.1 Å². The number of non-ortho nitro benzene ring substituents is 1. The lowest BCUT2D eigenvalue weighted by Gasteiger charge is -2.32. The van der Waals surface area contributed by atoms with Crippen LogP contribution in [0.25, 0.3) is 5.82 Å². The first-order chi connectivity index (χ1) is 15.0.